The number of H-pyrrole nitrogens is 1. The average molecular weight is 156 g/mol. The largest absolute Gasteiger partial charge is 0.337 e. The van der Waals surface area contributed by atoms with Crippen molar-refractivity contribution in [3.8, 4) is 0 Å². The van der Waals surface area contributed by atoms with Gasteiger partial charge in [0.2, 0.25) is 0 Å². The number of rotatable bonds is 3. The predicted octanol–water partition coefficient (Wildman–Crippen LogP) is 2.22. The molecule has 3 heteroatoms. The van der Waals surface area contributed by atoms with Gasteiger partial charge >= 0.3 is 0 Å². The highest BCUT2D eigenvalue weighted by Crippen LogP contribution is 2.14. The molecule has 1 N–H and O–H groups in total. The smallest absolute Gasteiger partial charge is 0.103 e. The van der Waals surface area contributed by atoms with Crippen molar-refractivity contribution in [1.82, 2.24) is 9.97 Å². The number of hydrogen-bond acceptors (Lipinski definition) is 2. The zero-order valence-electron chi connectivity index (χ0n) is 6.35. The lowest BCUT2D eigenvalue weighted by Gasteiger charge is -1.91. The lowest BCUT2D eigenvalue weighted by atomic mass is 10.6. The van der Waals surface area contributed by atoms with Crippen molar-refractivity contribution in [2.45, 2.75) is 25.3 Å². The fraction of sp³-hybridized carbons (Fsp3) is 0.571. The second-order valence-corrected chi connectivity index (χ2v) is 3.32. The van der Waals surface area contributed by atoms with E-state index in [0.717, 1.165) is 5.82 Å². The maximum absolute atomic E-state index is 4.09. The van der Waals surface area contributed by atoms with Crippen LogP contribution in [0.1, 0.15) is 19.2 Å². The van der Waals surface area contributed by atoms with E-state index >= 15 is 0 Å². The van der Waals surface area contributed by atoms with Gasteiger partial charge in [0.05, 0.1) is 11.2 Å². The van der Waals surface area contributed by atoms with E-state index < -0.39 is 0 Å². The molecule has 0 aliphatic heterocycles. The quantitative estimate of drug-likeness (QED) is 0.680. The second-order valence-electron chi connectivity index (χ2n) is 2.18. The van der Waals surface area contributed by atoms with Crippen molar-refractivity contribution in [3.05, 3.63) is 12.0 Å². The van der Waals surface area contributed by atoms with E-state index in [0.29, 0.717) is 0 Å². The van der Waals surface area contributed by atoms with Crippen molar-refractivity contribution in [2.75, 3.05) is 5.75 Å². The molecule has 0 fully saturated rings. The molecule has 0 aliphatic rings. The molecule has 0 saturated heterocycles. The Morgan fingerprint density at radius 1 is 1.70 bits per heavy atom. The van der Waals surface area contributed by atoms with Crippen molar-refractivity contribution >= 4 is 11.8 Å². The van der Waals surface area contributed by atoms with Crippen LogP contribution >= 0.6 is 11.8 Å². The minimum absolute atomic E-state index is 0.999. The van der Waals surface area contributed by atoms with E-state index in [1.165, 1.54) is 17.2 Å². The maximum Gasteiger partial charge on any atom is 0.103 e. The predicted molar refractivity (Wildman–Crippen MR) is 44.3 cm³/mol. The van der Waals surface area contributed by atoms with E-state index in [2.05, 4.69) is 16.9 Å². The minimum atomic E-state index is 0.999. The first-order valence-electron chi connectivity index (χ1n) is 3.47. The third kappa shape index (κ3) is 2.06. The highest BCUT2D eigenvalue weighted by Gasteiger charge is 1.94. The summed E-state index contributed by atoms with van der Waals surface area (Å²) in [5.74, 6) is 2.17. The van der Waals surface area contributed by atoms with Crippen LogP contribution in [0.4, 0.5) is 0 Å². The van der Waals surface area contributed by atoms with Gasteiger partial charge in [-0.05, 0) is 19.1 Å². The molecule has 1 rings (SSSR count). The van der Waals surface area contributed by atoms with E-state index in [1.807, 2.05) is 24.9 Å². The van der Waals surface area contributed by atoms with Gasteiger partial charge < -0.3 is 4.98 Å². The molecule has 1 heterocycles. The van der Waals surface area contributed by atoms with Crippen molar-refractivity contribution in [3.63, 3.8) is 0 Å². The molecule has 0 atom stereocenters. The molecular formula is C7H12N2S. The third-order valence-corrected chi connectivity index (χ3v) is 2.27. The first-order chi connectivity index (χ1) is 4.83. The Morgan fingerprint density at radius 3 is 3.00 bits per heavy atom. The Bertz CT molecular complexity index is 195. The standard InChI is InChI=1S/C7H12N2S/c1-3-4-10-7-5-8-6(2)9-7/h5H,3-4H2,1-2H3,(H,8,9). The first-order valence-corrected chi connectivity index (χ1v) is 4.46. The van der Waals surface area contributed by atoms with Gasteiger partial charge in [-0.25, -0.2) is 4.98 Å². The minimum Gasteiger partial charge on any atom is -0.337 e. The van der Waals surface area contributed by atoms with E-state index in [1.54, 1.807) is 0 Å². The van der Waals surface area contributed by atoms with Gasteiger partial charge in [0, 0.05) is 0 Å². The summed E-state index contributed by atoms with van der Waals surface area (Å²) in [6.07, 6.45) is 3.10. The Kier molecular flexibility index (Phi) is 2.81. The number of nitrogens with one attached hydrogen (secondary N) is 1. The molecule has 0 radical (unpaired) electrons. The molecule has 0 aliphatic carbocycles. The van der Waals surface area contributed by atoms with Crippen LogP contribution in [-0.2, 0) is 0 Å². The zero-order valence-corrected chi connectivity index (χ0v) is 7.16. The van der Waals surface area contributed by atoms with Gasteiger partial charge in [-0.15, -0.1) is 11.8 Å². The SMILES string of the molecule is CCCSc1cnc(C)[nH]1. The monoisotopic (exact) mass is 156 g/mol. The van der Waals surface area contributed by atoms with Crippen LogP contribution in [0.3, 0.4) is 0 Å². The summed E-state index contributed by atoms with van der Waals surface area (Å²) >= 11 is 1.82. The molecule has 0 unspecified atom stereocenters. The number of thioether (sulfide) groups is 1. The Labute approximate surface area is 65.4 Å². The summed E-state index contributed by atoms with van der Waals surface area (Å²) in [6.45, 7) is 4.15. The fourth-order valence-electron chi connectivity index (χ4n) is 0.684. The molecule has 0 saturated carbocycles. The van der Waals surface area contributed by atoms with Gasteiger partial charge in [-0.3, -0.25) is 0 Å². The van der Waals surface area contributed by atoms with Gasteiger partial charge in [0.25, 0.3) is 0 Å². The van der Waals surface area contributed by atoms with Crippen LogP contribution < -0.4 is 0 Å². The van der Waals surface area contributed by atoms with Crippen molar-refractivity contribution in [1.29, 1.82) is 0 Å². The fourth-order valence-corrected chi connectivity index (χ4v) is 1.45. The van der Waals surface area contributed by atoms with Crippen LogP contribution in [0.25, 0.3) is 0 Å². The molecule has 10 heavy (non-hydrogen) atoms. The second kappa shape index (κ2) is 3.66. The molecule has 0 bridgehead atoms. The molecule has 1 aromatic rings. The first kappa shape index (κ1) is 7.66. The van der Waals surface area contributed by atoms with Crippen LogP contribution in [0, 0.1) is 6.92 Å². The summed E-state index contributed by atoms with van der Waals surface area (Å²) in [5.41, 5.74) is 0. The molecule has 56 valence electrons. The summed E-state index contributed by atoms with van der Waals surface area (Å²) in [7, 11) is 0. The Morgan fingerprint density at radius 2 is 2.50 bits per heavy atom. The molecule has 0 spiro atoms. The molecule has 2 nitrogen and oxygen atoms in total. The summed E-state index contributed by atoms with van der Waals surface area (Å²) in [5, 5.41) is 1.18. The number of imidazole rings is 1. The van der Waals surface area contributed by atoms with E-state index in [9.17, 15) is 0 Å². The third-order valence-electron chi connectivity index (χ3n) is 1.14. The highest BCUT2D eigenvalue weighted by atomic mass is 32.2. The number of aromatic nitrogens is 2. The van der Waals surface area contributed by atoms with Gasteiger partial charge in [-0.2, -0.15) is 0 Å². The maximum atomic E-state index is 4.09. The van der Waals surface area contributed by atoms with E-state index in [-0.39, 0.29) is 0 Å². The zero-order chi connectivity index (χ0) is 7.40. The van der Waals surface area contributed by atoms with Crippen LogP contribution in [0.2, 0.25) is 0 Å². The van der Waals surface area contributed by atoms with Crippen molar-refractivity contribution < 1.29 is 0 Å². The number of aryl methyl sites for hydroxylation is 1. The topological polar surface area (TPSA) is 28.7 Å². The molecule has 0 aromatic carbocycles. The Hall–Kier alpha value is -0.440. The normalized spacial score (nSPS) is 10.2. The summed E-state index contributed by atoms with van der Waals surface area (Å²) < 4.78 is 0. The number of nitrogens with zero attached hydrogens (tertiary/aromatic N) is 1. The van der Waals surface area contributed by atoms with Crippen LogP contribution in [0.15, 0.2) is 11.2 Å². The lowest BCUT2D eigenvalue weighted by Crippen LogP contribution is -1.75. The summed E-state index contributed by atoms with van der Waals surface area (Å²) in [4.78, 5) is 7.26. The summed E-state index contributed by atoms with van der Waals surface area (Å²) in [6, 6.07) is 0. The molecule has 1 aromatic heterocycles. The molecular weight excluding hydrogens is 144 g/mol. The number of aromatic amines is 1. The lowest BCUT2D eigenvalue weighted by molar-refractivity contribution is 1.08. The molecule has 0 amide bonds. The van der Waals surface area contributed by atoms with Gasteiger partial charge in [-0.1, -0.05) is 6.92 Å². The average Bonchev–Trinajstić information content (AvgIpc) is 2.31. The van der Waals surface area contributed by atoms with Crippen LogP contribution in [0.5, 0.6) is 0 Å². The van der Waals surface area contributed by atoms with Gasteiger partial charge in [0.15, 0.2) is 0 Å². The number of hydrogen-bond donors (Lipinski definition) is 1. The Balaban J connectivity index is 2.42. The van der Waals surface area contributed by atoms with E-state index in [4.69, 9.17) is 0 Å². The van der Waals surface area contributed by atoms with Crippen LogP contribution in [-0.4, -0.2) is 15.7 Å². The highest BCUT2D eigenvalue weighted by molar-refractivity contribution is 7.99. The van der Waals surface area contributed by atoms with Gasteiger partial charge in [0.1, 0.15) is 5.82 Å². The van der Waals surface area contributed by atoms with Crippen molar-refractivity contribution in [2.24, 2.45) is 0 Å².